The molecular weight excluding hydrogens is 218 g/mol. The van der Waals surface area contributed by atoms with E-state index in [2.05, 4.69) is 10.4 Å². The van der Waals surface area contributed by atoms with Crippen molar-refractivity contribution in [3.05, 3.63) is 18.0 Å². The van der Waals surface area contributed by atoms with E-state index in [0.29, 0.717) is 6.42 Å². The molecule has 0 aliphatic rings. The zero-order valence-corrected chi connectivity index (χ0v) is 10.7. The smallest absolute Gasteiger partial charge is 0.323 e. The Kier molecular flexibility index (Phi) is 4.69. The highest BCUT2D eigenvalue weighted by molar-refractivity contribution is 5.78. The molecule has 2 N–H and O–H groups in total. The summed E-state index contributed by atoms with van der Waals surface area (Å²) in [4.78, 5) is 11.0. The van der Waals surface area contributed by atoms with Crippen LogP contribution in [0, 0.1) is 6.92 Å². The monoisotopic (exact) mass is 239 g/mol. The van der Waals surface area contributed by atoms with E-state index in [1.807, 2.05) is 23.9 Å². The molecule has 17 heavy (non-hydrogen) atoms. The standard InChI is InChI=1S/C12H21N3O2/c1-10-6-9-15(14-10)8-5-4-7-12(2,13-3)11(16)17/h6,9,13H,4-5,7-8H2,1-3H3,(H,16,17). The largest absolute Gasteiger partial charge is 0.480 e. The van der Waals surface area contributed by atoms with E-state index < -0.39 is 11.5 Å². The predicted molar refractivity (Wildman–Crippen MR) is 65.9 cm³/mol. The van der Waals surface area contributed by atoms with Gasteiger partial charge in [0.25, 0.3) is 0 Å². The van der Waals surface area contributed by atoms with E-state index in [1.165, 1.54) is 0 Å². The number of aryl methyl sites for hydroxylation is 2. The van der Waals surface area contributed by atoms with E-state index >= 15 is 0 Å². The minimum absolute atomic E-state index is 0.624. The van der Waals surface area contributed by atoms with Crippen molar-refractivity contribution in [1.29, 1.82) is 0 Å². The first-order chi connectivity index (χ1) is 7.98. The molecule has 0 fully saturated rings. The summed E-state index contributed by atoms with van der Waals surface area (Å²) in [7, 11) is 1.69. The number of nitrogens with zero attached hydrogens (tertiary/aromatic N) is 2. The highest BCUT2D eigenvalue weighted by atomic mass is 16.4. The van der Waals surface area contributed by atoms with Gasteiger partial charge in [-0.3, -0.25) is 9.48 Å². The fourth-order valence-corrected chi connectivity index (χ4v) is 1.68. The second kappa shape index (κ2) is 5.82. The number of aromatic nitrogens is 2. The molecule has 96 valence electrons. The highest BCUT2D eigenvalue weighted by Gasteiger charge is 2.29. The molecule has 1 aromatic rings. The number of unbranched alkanes of at least 4 members (excludes halogenated alkanes) is 1. The van der Waals surface area contributed by atoms with Crippen LogP contribution in [0.4, 0.5) is 0 Å². The Bertz CT molecular complexity index is 376. The van der Waals surface area contributed by atoms with Crippen LogP contribution in [0.25, 0.3) is 0 Å². The van der Waals surface area contributed by atoms with Gasteiger partial charge in [0, 0.05) is 12.7 Å². The van der Waals surface area contributed by atoms with Gasteiger partial charge in [-0.05, 0) is 46.2 Å². The van der Waals surface area contributed by atoms with Crippen LogP contribution in [0.1, 0.15) is 31.9 Å². The van der Waals surface area contributed by atoms with Crippen LogP contribution >= 0.6 is 0 Å². The van der Waals surface area contributed by atoms with Gasteiger partial charge in [-0.2, -0.15) is 5.10 Å². The first kappa shape index (κ1) is 13.7. The molecule has 0 amide bonds. The van der Waals surface area contributed by atoms with Gasteiger partial charge >= 0.3 is 5.97 Å². The lowest BCUT2D eigenvalue weighted by Crippen LogP contribution is -2.47. The van der Waals surface area contributed by atoms with Crippen molar-refractivity contribution in [3.63, 3.8) is 0 Å². The fourth-order valence-electron chi connectivity index (χ4n) is 1.68. The minimum Gasteiger partial charge on any atom is -0.480 e. The Hall–Kier alpha value is -1.36. The second-order valence-corrected chi connectivity index (χ2v) is 4.56. The third kappa shape index (κ3) is 3.85. The van der Waals surface area contributed by atoms with Crippen molar-refractivity contribution >= 4 is 5.97 Å². The number of carboxylic acids is 1. The summed E-state index contributed by atoms with van der Waals surface area (Å²) in [6.45, 7) is 4.51. The van der Waals surface area contributed by atoms with Gasteiger partial charge < -0.3 is 10.4 Å². The zero-order chi connectivity index (χ0) is 12.9. The minimum atomic E-state index is -0.819. The van der Waals surface area contributed by atoms with Gasteiger partial charge in [-0.1, -0.05) is 0 Å². The molecule has 0 aliphatic carbocycles. The number of hydrogen-bond donors (Lipinski definition) is 2. The maximum Gasteiger partial charge on any atom is 0.323 e. The van der Waals surface area contributed by atoms with Crippen molar-refractivity contribution in [2.24, 2.45) is 0 Å². The molecule has 0 radical (unpaired) electrons. The molecule has 1 heterocycles. The topological polar surface area (TPSA) is 67.2 Å². The molecule has 0 saturated carbocycles. The summed E-state index contributed by atoms with van der Waals surface area (Å²) in [5.74, 6) is -0.796. The van der Waals surface area contributed by atoms with Gasteiger partial charge in [0.1, 0.15) is 5.54 Å². The van der Waals surface area contributed by atoms with Crippen LogP contribution in [-0.2, 0) is 11.3 Å². The van der Waals surface area contributed by atoms with Crippen LogP contribution in [0.3, 0.4) is 0 Å². The normalized spacial score (nSPS) is 14.5. The van der Waals surface area contributed by atoms with Gasteiger partial charge in [0.2, 0.25) is 0 Å². The van der Waals surface area contributed by atoms with Crippen LogP contribution in [-0.4, -0.2) is 33.4 Å². The average Bonchev–Trinajstić information content (AvgIpc) is 2.70. The number of likely N-dealkylation sites (N-methyl/N-ethyl adjacent to an activating group) is 1. The fraction of sp³-hybridized carbons (Fsp3) is 0.667. The summed E-state index contributed by atoms with van der Waals surface area (Å²) in [5.41, 5.74) is 0.190. The van der Waals surface area contributed by atoms with Crippen LogP contribution in [0.15, 0.2) is 12.3 Å². The zero-order valence-electron chi connectivity index (χ0n) is 10.7. The maximum absolute atomic E-state index is 11.0. The van der Waals surface area contributed by atoms with Crippen molar-refractivity contribution in [2.45, 2.75) is 45.2 Å². The third-order valence-electron chi connectivity index (χ3n) is 3.11. The lowest BCUT2D eigenvalue weighted by atomic mass is 9.95. The number of rotatable bonds is 7. The van der Waals surface area contributed by atoms with Crippen molar-refractivity contribution in [1.82, 2.24) is 15.1 Å². The Morgan fingerprint density at radius 2 is 2.29 bits per heavy atom. The molecule has 1 rings (SSSR count). The predicted octanol–water partition coefficient (Wildman–Crippen LogP) is 1.42. The number of carbonyl (C=O) groups is 1. The van der Waals surface area contributed by atoms with Crippen LogP contribution in [0.2, 0.25) is 0 Å². The summed E-state index contributed by atoms with van der Waals surface area (Å²) in [6.07, 6.45) is 4.37. The molecule has 5 nitrogen and oxygen atoms in total. The van der Waals surface area contributed by atoms with E-state index in [1.54, 1.807) is 14.0 Å². The van der Waals surface area contributed by atoms with Crippen LogP contribution in [0.5, 0.6) is 0 Å². The molecular formula is C12H21N3O2. The molecule has 0 spiro atoms. The molecule has 1 aromatic heterocycles. The first-order valence-electron chi connectivity index (χ1n) is 5.90. The average molecular weight is 239 g/mol. The third-order valence-corrected chi connectivity index (χ3v) is 3.11. The van der Waals surface area contributed by atoms with Gasteiger partial charge in [-0.25, -0.2) is 0 Å². The molecule has 0 bridgehead atoms. The Balaban J connectivity index is 2.30. The summed E-state index contributed by atoms with van der Waals surface area (Å²) in [6, 6.07) is 1.97. The number of nitrogens with one attached hydrogen (secondary N) is 1. The Morgan fingerprint density at radius 3 is 2.76 bits per heavy atom. The van der Waals surface area contributed by atoms with E-state index in [9.17, 15) is 4.79 Å². The summed E-state index contributed by atoms with van der Waals surface area (Å²) in [5, 5.41) is 16.2. The summed E-state index contributed by atoms with van der Waals surface area (Å²) >= 11 is 0. The van der Waals surface area contributed by atoms with E-state index in [4.69, 9.17) is 5.11 Å². The van der Waals surface area contributed by atoms with E-state index in [0.717, 1.165) is 25.1 Å². The Labute approximate surface area is 102 Å². The quantitative estimate of drug-likeness (QED) is 0.706. The van der Waals surface area contributed by atoms with Crippen molar-refractivity contribution in [3.8, 4) is 0 Å². The van der Waals surface area contributed by atoms with Gasteiger partial charge in [0.05, 0.1) is 5.69 Å². The number of hydrogen-bond acceptors (Lipinski definition) is 3. The number of carboxylic acid groups (broad SMARTS) is 1. The molecule has 0 aromatic carbocycles. The maximum atomic E-state index is 11.0. The van der Waals surface area contributed by atoms with Crippen molar-refractivity contribution in [2.75, 3.05) is 7.05 Å². The molecule has 0 saturated heterocycles. The Morgan fingerprint density at radius 1 is 1.59 bits per heavy atom. The molecule has 1 unspecified atom stereocenters. The van der Waals surface area contributed by atoms with Gasteiger partial charge in [0.15, 0.2) is 0 Å². The molecule has 0 aliphatic heterocycles. The van der Waals surface area contributed by atoms with E-state index in [-0.39, 0.29) is 0 Å². The first-order valence-corrected chi connectivity index (χ1v) is 5.90. The lowest BCUT2D eigenvalue weighted by molar-refractivity contribution is -0.144. The SMILES string of the molecule is CNC(C)(CCCCn1ccc(C)n1)C(=O)O. The van der Waals surface area contributed by atoms with Crippen LogP contribution < -0.4 is 5.32 Å². The highest BCUT2D eigenvalue weighted by Crippen LogP contribution is 2.14. The molecule has 1 atom stereocenters. The van der Waals surface area contributed by atoms with Crippen molar-refractivity contribution < 1.29 is 9.90 Å². The second-order valence-electron chi connectivity index (χ2n) is 4.56. The van der Waals surface area contributed by atoms with Gasteiger partial charge in [-0.15, -0.1) is 0 Å². The lowest BCUT2D eigenvalue weighted by Gasteiger charge is -2.23. The number of aliphatic carboxylic acids is 1. The molecule has 5 heteroatoms. The summed E-state index contributed by atoms with van der Waals surface area (Å²) < 4.78 is 1.90.